The summed E-state index contributed by atoms with van der Waals surface area (Å²) in [6.45, 7) is 4.61. The molecule has 1 aliphatic heterocycles. The van der Waals surface area contributed by atoms with Crippen LogP contribution in [-0.4, -0.2) is 57.9 Å². The van der Waals surface area contributed by atoms with Gasteiger partial charge in [-0.2, -0.15) is 4.31 Å². The van der Waals surface area contributed by atoms with Gasteiger partial charge in [-0.05, 0) is 49.1 Å². The Labute approximate surface area is 200 Å². The summed E-state index contributed by atoms with van der Waals surface area (Å²) in [5.41, 5.74) is 0.626. The second-order valence-electron chi connectivity index (χ2n) is 8.42. The molecule has 184 valence electrons. The normalized spacial score (nSPS) is 15.1. The highest BCUT2D eigenvalue weighted by Gasteiger charge is 2.28. The molecule has 1 saturated heterocycles. The lowest BCUT2D eigenvalue weighted by atomic mass is 10.0. The fourth-order valence-electron chi connectivity index (χ4n) is 3.73. The third kappa shape index (κ3) is 5.87. The van der Waals surface area contributed by atoms with Gasteiger partial charge >= 0.3 is 0 Å². The number of carbonyl (C=O) groups is 2. The predicted octanol–water partition coefficient (Wildman–Crippen LogP) is 2.88. The van der Waals surface area contributed by atoms with E-state index in [0.717, 1.165) is 12.8 Å². The summed E-state index contributed by atoms with van der Waals surface area (Å²) in [7, 11) is -0.643. The van der Waals surface area contributed by atoms with E-state index in [1.807, 2.05) is 13.8 Å². The van der Waals surface area contributed by atoms with Gasteiger partial charge in [0.15, 0.2) is 0 Å². The molecule has 9 nitrogen and oxygen atoms in total. The van der Waals surface area contributed by atoms with E-state index < -0.39 is 27.9 Å². The maximum atomic E-state index is 13.0. The molecule has 2 amide bonds. The summed E-state index contributed by atoms with van der Waals surface area (Å²) in [5, 5.41) is 5.50. The van der Waals surface area contributed by atoms with Gasteiger partial charge in [0.2, 0.25) is 15.9 Å². The number of nitrogens with one attached hydrogen (secondary N) is 2. The zero-order valence-corrected chi connectivity index (χ0v) is 20.6. The second-order valence-corrected chi connectivity index (χ2v) is 10.4. The lowest BCUT2D eigenvalue weighted by Gasteiger charge is -2.22. The number of methoxy groups -OCH3 is 2. The number of anilines is 1. The molecule has 0 aliphatic carbocycles. The number of hydrogen-bond acceptors (Lipinski definition) is 6. The van der Waals surface area contributed by atoms with Crippen LogP contribution in [-0.2, 0) is 14.8 Å². The van der Waals surface area contributed by atoms with Crippen molar-refractivity contribution in [1.82, 2.24) is 9.62 Å². The molecule has 2 aromatic rings. The molecule has 2 N–H and O–H groups in total. The number of nitrogens with zero attached hydrogens (tertiary/aromatic N) is 1. The van der Waals surface area contributed by atoms with Crippen LogP contribution in [0.3, 0.4) is 0 Å². The molecule has 0 aromatic heterocycles. The Hall–Kier alpha value is -3.11. The average molecular weight is 490 g/mol. The van der Waals surface area contributed by atoms with Crippen LogP contribution in [0.25, 0.3) is 0 Å². The standard InChI is InChI=1S/C24H31N3O6S/c1-16(2)22(26-23(28)17-12-19(32-3)15-20(13-17)33-4)24(29)25-18-8-7-9-21(14-18)34(30,31)27-10-5-6-11-27/h7-9,12-16,22H,5-6,10-11H2,1-4H3,(H,25,29)(H,26,28)/t22-/m0/s1. The zero-order valence-electron chi connectivity index (χ0n) is 19.8. The van der Waals surface area contributed by atoms with Gasteiger partial charge in [0.05, 0.1) is 19.1 Å². The molecule has 0 bridgehead atoms. The van der Waals surface area contributed by atoms with E-state index in [2.05, 4.69) is 10.6 Å². The van der Waals surface area contributed by atoms with E-state index in [-0.39, 0.29) is 16.4 Å². The van der Waals surface area contributed by atoms with Gasteiger partial charge in [0.25, 0.3) is 5.91 Å². The molecule has 1 fully saturated rings. The van der Waals surface area contributed by atoms with E-state index in [1.165, 1.54) is 30.7 Å². The van der Waals surface area contributed by atoms with Gasteiger partial charge in [-0.15, -0.1) is 0 Å². The molecular weight excluding hydrogens is 458 g/mol. The van der Waals surface area contributed by atoms with E-state index in [0.29, 0.717) is 30.3 Å². The van der Waals surface area contributed by atoms with Crippen molar-refractivity contribution in [2.75, 3.05) is 32.6 Å². The number of hydrogen-bond donors (Lipinski definition) is 2. The summed E-state index contributed by atoms with van der Waals surface area (Å²) in [4.78, 5) is 26.1. The number of carbonyl (C=O) groups excluding carboxylic acids is 2. The second kappa shape index (κ2) is 10.9. The molecule has 3 rings (SSSR count). The molecule has 1 heterocycles. The number of benzene rings is 2. The van der Waals surface area contributed by atoms with Gasteiger partial charge in [0, 0.05) is 30.4 Å². The monoisotopic (exact) mass is 489 g/mol. The Balaban J connectivity index is 1.76. The molecule has 0 unspecified atom stereocenters. The van der Waals surface area contributed by atoms with Crippen LogP contribution in [0, 0.1) is 5.92 Å². The van der Waals surface area contributed by atoms with Crippen molar-refractivity contribution < 1.29 is 27.5 Å². The van der Waals surface area contributed by atoms with Gasteiger partial charge in [-0.3, -0.25) is 9.59 Å². The SMILES string of the molecule is COc1cc(OC)cc(C(=O)N[C@H](C(=O)Nc2cccc(S(=O)(=O)N3CCCC3)c2)C(C)C)c1. The van der Waals surface area contributed by atoms with Crippen molar-refractivity contribution >= 4 is 27.5 Å². The third-order valence-electron chi connectivity index (χ3n) is 5.65. The first-order valence-electron chi connectivity index (χ1n) is 11.1. The molecule has 0 saturated carbocycles. The van der Waals surface area contributed by atoms with Crippen LogP contribution in [0.15, 0.2) is 47.4 Å². The average Bonchev–Trinajstić information content (AvgIpc) is 3.38. The number of sulfonamides is 1. The fraction of sp³-hybridized carbons (Fsp3) is 0.417. The first-order chi connectivity index (χ1) is 16.1. The van der Waals surface area contributed by atoms with Crippen LogP contribution in [0.5, 0.6) is 11.5 Å². The fourth-order valence-corrected chi connectivity index (χ4v) is 5.29. The molecule has 0 spiro atoms. The summed E-state index contributed by atoms with van der Waals surface area (Å²) in [6, 6.07) is 10.1. The zero-order chi connectivity index (χ0) is 24.9. The number of amides is 2. The Kier molecular flexibility index (Phi) is 8.16. The van der Waals surface area contributed by atoms with Crippen molar-refractivity contribution in [3.63, 3.8) is 0 Å². The molecule has 1 atom stereocenters. The van der Waals surface area contributed by atoms with Gasteiger partial charge in [0.1, 0.15) is 17.5 Å². The molecular formula is C24H31N3O6S. The molecule has 34 heavy (non-hydrogen) atoms. The smallest absolute Gasteiger partial charge is 0.252 e. The van der Waals surface area contributed by atoms with Crippen LogP contribution in [0.1, 0.15) is 37.0 Å². The van der Waals surface area contributed by atoms with Crippen molar-refractivity contribution in [2.45, 2.75) is 37.6 Å². The van der Waals surface area contributed by atoms with Crippen molar-refractivity contribution in [2.24, 2.45) is 5.92 Å². The minimum Gasteiger partial charge on any atom is -0.497 e. The Morgan fingerprint density at radius 2 is 1.59 bits per heavy atom. The first kappa shape index (κ1) is 25.5. The van der Waals surface area contributed by atoms with E-state index in [9.17, 15) is 18.0 Å². The Bertz CT molecular complexity index is 1120. The van der Waals surface area contributed by atoms with Gasteiger partial charge in [-0.1, -0.05) is 19.9 Å². The summed E-state index contributed by atoms with van der Waals surface area (Å²) < 4.78 is 37.6. The highest BCUT2D eigenvalue weighted by atomic mass is 32.2. The van der Waals surface area contributed by atoms with Crippen LogP contribution < -0.4 is 20.1 Å². The van der Waals surface area contributed by atoms with Gasteiger partial charge in [-0.25, -0.2) is 8.42 Å². The Morgan fingerprint density at radius 1 is 0.971 bits per heavy atom. The van der Waals surface area contributed by atoms with Crippen molar-refractivity contribution in [3.8, 4) is 11.5 Å². The van der Waals surface area contributed by atoms with Crippen LogP contribution >= 0.6 is 0 Å². The minimum atomic E-state index is -3.61. The lowest BCUT2D eigenvalue weighted by molar-refractivity contribution is -0.118. The summed E-state index contributed by atoms with van der Waals surface area (Å²) in [6.07, 6.45) is 1.68. The molecule has 1 aliphatic rings. The van der Waals surface area contributed by atoms with Gasteiger partial charge < -0.3 is 20.1 Å². The summed E-state index contributed by atoms with van der Waals surface area (Å²) >= 11 is 0. The van der Waals surface area contributed by atoms with E-state index >= 15 is 0 Å². The van der Waals surface area contributed by atoms with Crippen molar-refractivity contribution in [3.05, 3.63) is 48.0 Å². The molecule has 0 radical (unpaired) electrons. The largest absolute Gasteiger partial charge is 0.497 e. The Morgan fingerprint density at radius 3 is 2.15 bits per heavy atom. The maximum Gasteiger partial charge on any atom is 0.252 e. The van der Waals surface area contributed by atoms with E-state index in [1.54, 1.807) is 30.3 Å². The molecule has 2 aromatic carbocycles. The predicted molar refractivity (Wildman–Crippen MR) is 129 cm³/mol. The number of ether oxygens (including phenoxy) is 2. The highest BCUT2D eigenvalue weighted by molar-refractivity contribution is 7.89. The minimum absolute atomic E-state index is 0.126. The van der Waals surface area contributed by atoms with Crippen molar-refractivity contribution in [1.29, 1.82) is 0 Å². The highest BCUT2D eigenvalue weighted by Crippen LogP contribution is 2.24. The first-order valence-corrected chi connectivity index (χ1v) is 12.5. The topological polar surface area (TPSA) is 114 Å². The number of rotatable bonds is 9. The summed E-state index contributed by atoms with van der Waals surface area (Å²) in [5.74, 6) is -0.240. The molecule has 10 heteroatoms. The maximum absolute atomic E-state index is 13.0. The quantitative estimate of drug-likeness (QED) is 0.560. The van der Waals surface area contributed by atoms with E-state index in [4.69, 9.17) is 9.47 Å². The lowest BCUT2D eigenvalue weighted by Crippen LogP contribution is -2.47. The van der Waals surface area contributed by atoms with Crippen LogP contribution in [0.4, 0.5) is 5.69 Å². The third-order valence-corrected chi connectivity index (χ3v) is 7.55. The van der Waals surface area contributed by atoms with Crippen LogP contribution in [0.2, 0.25) is 0 Å².